The number of anilines is 3. The first-order chi connectivity index (χ1) is 21.1. The van der Waals surface area contributed by atoms with E-state index in [1.54, 1.807) is 48.7 Å². The Balaban J connectivity index is 0.000000707. The Morgan fingerprint density at radius 2 is 1.67 bits per heavy atom. The number of carbonyl (C=O) groups is 2. The predicted octanol–water partition coefficient (Wildman–Crippen LogP) is 3.55. The van der Waals surface area contributed by atoms with E-state index >= 15 is 0 Å². The van der Waals surface area contributed by atoms with E-state index < -0.39 is 28.4 Å². The quantitative estimate of drug-likeness (QED) is 0.147. The van der Waals surface area contributed by atoms with Crippen LogP contribution in [0.4, 0.5) is 30.4 Å². The van der Waals surface area contributed by atoms with Crippen LogP contribution in [0.15, 0.2) is 72.9 Å². The highest BCUT2D eigenvalue weighted by molar-refractivity contribution is 7.90. The van der Waals surface area contributed by atoms with E-state index in [1.165, 1.54) is 14.2 Å². The number of nitrogens with one attached hydrogen (secondary N) is 3. The number of methoxy groups -OCH3 is 2. The van der Waals surface area contributed by atoms with Gasteiger partial charge in [-0.25, -0.2) is 14.9 Å². The summed E-state index contributed by atoms with van der Waals surface area (Å²) in [5, 5.41) is 20.1. The number of aliphatic carboxylic acids is 1. The summed E-state index contributed by atoms with van der Waals surface area (Å²) in [4.78, 5) is 26.5. The molecule has 1 atom stereocenters. The van der Waals surface area contributed by atoms with Gasteiger partial charge in [-0.05, 0) is 65.0 Å². The SMILES string of the molecule is COc1ccc([C@@H](Nc2ccc3c(N)nccc3c2)C(=O)NCc2cccc(NS(N)(=O)=O)c2)cc1OC.O=C(O)C(F)(F)F. The van der Waals surface area contributed by atoms with Gasteiger partial charge in [0.05, 0.1) is 19.9 Å². The standard InChI is InChI=1S/C26H28N6O5S.C2HF3O2/c1-36-22-9-6-18(14-23(22)37-2)24(31-19-7-8-21-17(13-19)10-11-29-25(21)27)26(33)30-15-16-4-3-5-20(12-16)32-38(28,34)35;3-2(4,5)1(6)7/h3-14,24,31-32H,15H2,1-2H3,(H2,27,29)(H,30,33)(H2,28,34,35);(H,6,7)/t24-;/m1./s1. The maximum Gasteiger partial charge on any atom is 0.490 e. The summed E-state index contributed by atoms with van der Waals surface area (Å²) < 4.78 is 67.4. The Morgan fingerprint density at radius 3 is 2.29 bits per heavy atom. The molecule has 1 heterocycles. The molecule has 0 saturated heterocycles. The van der Waals surface area contributed by atoms with E-state index in [0.29, 0.717) is 39.8 Å². The van der Waals surface area contributed by atoms with Crippen molar-refractivity contribution in [3.63, 3.8) is 0 Å². The number of hydrogen-bond donors (Lipinski definition) is 6. The number of benzene rings is 3. The third kappa shape index (κ3) is 9.87. The van der Waals surface area contributed by atoms with E-state index in [1.807, 2.05) is 24.3 Å². The van der Waals surface area contributed by atoms with Crippen LogP contribution in [0.2, 0.25) is 0 Å². The van der Waals surface area contributed by atoms with E-state index in [0.717, 1.165) is 10.8 Å². The van der Waals surface area contributed by atoms with Crippen LogP contribution >= 0.6 is 0 Å². The molecule has 0 unspecified atom stereocenters. The van der Waals surface area contributed by atoms with Gasteiger partial charge in [0, 0.05) is 23.8 Å². The van der Waals surface area contributed by atoms with Gasteiger partial charge < -0.3 is 30.9 Å². The molecule has 4 rings (SSSR count). The van der Waals surface area contributed by atoms with Gasteiger partial charge in [-0.2, -0.15) is 21.6 Å². The molecule has 8 N–H and O–H groups in total. The van der Waals surface area contributed by atoms with Gasteiger partial charge in [0.15, 0.2) is 11.5 Å². The summed E-state index contributed by atoms with van der Waals surface area (Å²) in [6, 6.07) is 18.4. The molecule has 0 aliphatic rings. The number of alkyl halides is 3. The molecule has 0 spiro atoms. The first-order valence-corrected chi connectivity index (χ1v) is 14.3. The second kappa shape index (κ2) is 14.5. The molecule has 0 aliphatic heterocycles. The number of carboxylic acid groups (broad SMARTS) is 1. The average molecular weight is 651 g/mol. The number of rotatable bonds is 10. The monoisotopic (exact) mass is 650 g/mol. The Kier molecular flexibility index (Phi) is 11.0. The lowest BCUT2D eigenvalue weighted by molar-refractivity contribution is -0.192. The largest absolute Gasteiger partial charge is 0.493 e. The average Bonchev–Trinajstić information content (AvgIpc) is 2.97. The topological polar surface area (TPSA) is 208 Å². The maximum atomic E-state index is 13.5. The molecule has 240 valence electrons. The second-order valence-electron chi connectivity index (χ2n) is 9.19. The summed E-state index contributed by atoms with van der Waals surface area (Å²) in [5.41, 5.74) is 8.27. The molecule has 17 heteroatoms. The number of nitrogens with two attached hydrogens (primary N) is 2. The molecule has 1 amide bonds. The molecular formula is C28H29F3N6O7S. The zero-order valence-corrected chi connectivity index (χ0v) is 24.6. The highest BCUT2D eigenvalue weighted by Crippen LogP contribution is 2.32. The molecule has 4 aromatic rings. The van der Waals surface area contributed by atoms with Crippen LogP contribution in [0.25, 0.3) is 10.8 Å². The second-order valence-corrected chi connectivity index (χ2v) is 10.5. The summed E-state index contributed by atoms with van der Waals surface area (Å²) in [6.45, 7) is 0.143. The van der Waals surface area contributed by atoms with Crippen molar-refractivity contribution in [1.82, 2.24) is 10.3 Å². The number of nitrogen functional groups attached to an aromatic ring is 1. The number of hydrogen-bond acceptors (Lipinski definition) is 9. The highest BCUT2D eigenvalue weighted by atomic mass is 32.2. The third-order valence-electron chi connectivity index (χ3n) is 6.01. The van der Waals surface area contributed by atoms with Crippen molar-refractivity contribution in [2.24, 2.45) is 5.14 Å². The molecule has 0 radical (unpaired) electrons. The minimum absolute atomic E-state index is 0.143. The summed E-state index contributed by atoms with van der Waals surface area (Å²) in [6.07, 6.45) is -3.46. The van der Waals surface area contributed by atoms with Crippen molar-refractivity contribution in [3.05, 3.63) is 84.1 Å². The molecule has 0 saturated carbocycles. The van der Waals surface area contributed by atoms with Crippen LogP contribution in [0, 0.1) is 0 Å². The number of carboxylic acids is 1. The summed E-state index contributed by atoms with van der Waals surface area (Å²) in [5.74, 6) is -1.65. The molecule has 1 aromatic heterocycles. The zero-order chi connectivity index (χ0) is 33.4. The first-order valence-electron chi connectivity index (χ1n) is 12.7. The number of nitrogens with zero attached hydrogens (tertiary/aromatic N) is 1. The van der Waals surface area contributed by atoms with Crippen LogP contribution in [0.3, 0.4) is 0 Å². The fraction of sp³-hybridized carbons (Fsp3) is 0.179. The lowest BCUT2D eigenvalue weighted by Crippen LogP contribution is -2.33. The molecule has 3 aromatic carbocycles. The van der Waals surface area contributed by atoms with Crippen LogP contribution in [-0.2, 0) is 26.3 Å². The van der Waals surface area contributed by atoms with Crippen molar-refractivity contribution >= 4 is 50.1 Å². The number of aromatic nitrogens is 1. The lowest BCUT2D eigenvalue weighted by Gasteiger charge is -2.22. The minimum Gasteiger partial charge on any atom is -0.493 e. The number of fused-ring (bicyclic) bond motifs is 1. The smallest absolute Gasteiger partial charge is 0.490 e. The molecule has 0 fully saturated rings. The summed E-state index contributed by atoms with van der Waals surface area (Å²) in [7, 11) is -0.863. The fourth-order valence-electron chi connectivity index (χ4n) is 3.99. The molecule has 13 nitrogen and oxygen atoms in total. The van der Waals surface area contributed by atoms with Crippen LogP contribution < -0.4 is 35.7 Å². The normalized spacial score (nSPS) is 11.9. The van der Waals surface area contributed by atoms with Gasteiger partial charge in [0.2, 0.25) is 5.91 Å². The molecule has 0 bridgehead atoms. The van der Waals surface area contributed by atoms with Gasteiger partial charge in [0.1, 0.15) is 11.9 Å². The predicted molar refractivity (Wildman–Crippen MR) is 161 cm³/mol. The van der Waals surface area contributed by atoms with Crippen molar-refractivity contribution in [3.8, 4) is 11.5 Å². The van der Waals surface area contributed by atoms with Crippen molar-refractivity contribution in [1.29, 1.82) is 0 Å². The fourth-order valence-corrected chi connectivity index (χ4v) is 4.45. The van der Waals surface area contributed by atoms with Crippen LogP contribution in [0.1, 0.15) is 17.2 Å². The van der Waals surface area contributed by atoms with Gasteiger partial charge in [-0.3, -0.25) is 9.52 Å². The maximum absolute atomic E-state index is 13.5. The Labute approximate surface area is 255 Å². The van der Waals surface area contributed by atoms with Gasteiger partial charge in [-0.1, -0.05) is 18.2 Å². The van der Waals surface area contributed by atoms with E-state index in [4.69, 9.17) is 30.2 Å². The van der Waals surface area contributed by atoms with Crippen LogP contribution in [0.5, 0.6) is 11.5 Å². The number of carbonyl (C=O) groups excluding carboxylic acids is 1. The van der Waals surface area contributed by atoms with E-state index in [-0.39, 0.29) is 12.5 Å². The summed E-state index contributed by atoms with van der Waals surface area (Å²) >= 11 is 0. The number of halogens is 3. The van der Waals surface area contributed by atoms with Gasteiger partial charge >= 0.3 is 12.1 Å². The Hall–Kier alpha value is -5.29. The van der Waals surface area contributed by atoms with Gasteiger partial charge in [0.25, 0.3) is 10.2 Å². The Morgan fingerprint density at radius 1 is 0.978 bits per heavy atom. The molecular weight excluding hydrogens is 621 g/mol. The number of amides is 1. The zero-order valence-electron chi connectivity index (χ0n) is 23.8. The van der Waals surface area contributed by atoms with E-state index in [2.05, 4.69) is 20.3 Å². The Bertz CT molecular complexity index is 1790. The van der Waals surface area contributed by atoms with Gasteiger partial charge in [-0.15, -0.1) is 0 Å². The minimum atomic E-state index is -5.08. The molecule has 0 aliphatic carbocycles. The lowest BCUT2D eigenvalue weighted by atomic mass is 10.0. The number of ether oxygens (including phenoxy) is 2. The van der Waals surface area contributed by atoms with Crippen molar-refractivity contribution < 1.29 is 45.8 Å². The van der Waals surface area contributed by atoms with Crippen LogP contribution in [-0.4, -0.2) is 50.8 Å². The highest BCUT2D eigenvalue weighted by Gasteiger charge is 2.38. The van der Waals surface area contributed by atoms with Crippen molar-refractivity contribution in [2.75, 3.05) is 30.0 Å². The number of pyridine rings is 1. The first kappa shape index (κ1) is 34.2. The third-order valence-corrected chi connectivity index (χ3v) is 6.53. The molecule has 45 heavy (non-hydrogen) atoms. The van der Waals surface area contributed by atoms with Crippen molar-refractivity contribution in [2.45, 2.75) is 18.8 Å². The van der Waals surface area contributed by atoms with E-state index in [9.17, 15) is 26.4 Å².